The number of rotatable bonds is 6. The molecule has 0 radical (unpaired) electrons. The second-order valence-corrected chi connectivity index (χ2v) is 9.66. The van der Waals surface area contributed by atoms with E-state index >= 15 is 0 Å². The van der Waals surface area contributed by atoms with Gasteiger partial charge in [-0.25, -0.2) is 0 Å². The lowest BCUT2D eigenvalue weighted by molar-refractivity contribution is 0.0639. The summed E-state index contributed by atoms with van der Waals surface area (Å²) in [6.45, 7) is 13.5. The lowest BCUT2D eigenvalue weighted by Gasteiger charge is -2.38. The molecule has 3 heterocycles. The van der Waals surface area contributed by atoms with E-state index in [0.717, 1.165) is 70.9 Å². The minimum absolute atomic E-state index is 0.170. The number of hydrogen-bond donors (Lipinski definition) is 0. The van der Waals surface area contributed by atoms with Crippen molar-refractivity contribution in [3.05, 3.63) is 52.2 Å². The summed E-state index contributed by atoms with van der Waals surface area (Å²) in [5.74, 6) is 0.170. The Morgan fingerprint density at radius 1 is 0.933 bits per heavy atom. The van der Waals surface area contributed by atoms with Crippen molar-refractivity contribution in [3.63, 3.8) is 0 Å². The molecule has 5 nitrogen and oxygen atoms in total. The fourth-order valence-corrected chi connectivity index (χ4v) is 5.09. The van der Waals surface area contributed by atoms with Crippen LogP contribution in [0.1, 0.15) is 29.1 Å². The number of benzene rings is 1. The summed E-state index contributed by atoms with van der Waals surface area (Å²) in [7, 11) is 0. The Morgan fingerprint density at radius 2 is 1.63 bits per heavy atom. The van der Waals surface area contributed by atoms with Crippen molar-refractivity contribution in [3.8, 4) is 0 Å². The zero-order chi connectivity index (χ0) is 20.9. The van der Waals surface area contributed by atoms with Gasteiger partial charge in [0.25, 0.3) is 5.91 Å². The zero-order valence-electron chi connectivity index (χ0n) is 18.3. The maximum atomic E-state index is 12.9. The first-order valence-corrected chi connectivity index (χ1v) is 12.1. The summed E-state index contributed by atoms with van der Waals surface area (Å²) in [6.07, 6.45) is 1.11. The molecule has 0 atom stereocenters. The van der Waals surface area contributed by atoms with Crippen molar-refractivity contribution in [2.75, 3.05) is 63.8 Å². The van der Waals surface area contributed by atoms with Gasteiger partial charge in [0.05, 0.1) is 0 Å². The van der Waals surface area contributed by atoms with Gasteiger partial charge in [0.15, 0.2) is 0 Å². The van der Waals surface area contributed by atoms with E-state index < -0.39 is 0 Å². The molecule has 1 amide bonds. The van der Waals surface area contributed by atoms with Crippen molar-refractivity contribution >= 4 is 22.9 Å². The number of nitrogens with zero attached hydrogens (tertiary/aromatic N) is 4. The molecule has 0 aliphatic carbocycles. The van der Waals surface area contributed by atoms with Crippen molar-refractivity contribution in [2.45, 2.75) is 26.3 Å². The first-order valence-electron chi connectivity index (χ1n) is 11.2. The molecule has 2 saturated heterocycles. The number of amides is 1. The van der Waals surface area contributed by atoms with Crippen LogP contribution in [0.4, 0.5) is 5.69 Å². The van der Waals surface area contributed by atoms with Gasteiger partial charge in [-0.3, -0.25) is 14.6 Å². The second kappa shape index (κ2) is 9.94. The second-order valence-electron chi connectivity index (χ2n) is 8.63. The van der Waals surface area contributed by atoms with Gasteiger partial charge in [0.2, 0.25) is 0 Å². The van der Waals surface area contributed by atoms with E-state index in [2.05, 4.69) is 58.2 Å². The Kier molecular flexibility index (Phi) is 7.08. The van der Waals surface area contributed by atoms with Crippen molar-refractivity contribution in [1.29, 1.82) is 0 Å². The smallest absolute Gasteiger partial charge is 0.253 e. The molecule has 0 bridgehead atoms. The summed E-state index contributed by atoms with van der Waals surface area (Å²) < 4.78 is 0. The van der Waals surface area contributed by atoms with E-state index in [-0.39, 0.29) is 5.91 Å². The van der Waals surface area contributed by atoms with Gasteiger partial charge < -0.3 is 9.80 Å². The predicted octanol–water partition coefficient (Wildman–Crippen LogP) is 3.28. The van der Waals surface area contributed by atoms with Gasteiger partial charge >= 0.3 is 0 Å². The van der Waals surface area contributed by atoms with Gasteiger partial charge in [0, 0.05) is 81.1 Å². The van der Waals surface area contributed by atoms with Crippen LogP contribution in [0.25, 0.3) is 0 Å². The van der Waals surface area contributed by atoms with E-state index in [4.69, 9.17) is 0 Å². The van der Waals surface area contributed by atoms with Crippen molar-refractivity contribution in [2.24, 2.45) is 0 Å². The van der Waals surface area contributed by atoms with Crippen molar-refractivity contribution < 1.29 is 4.79 Å². The van der Waals surface area contributed by atoms with Crippen LogP contribution in [-0.2, 0) is 6.42 Å². The number of carbonyl (C=O) groups excluding carboxylic acids is 1. The molecule has 2 fully saturated rings. The summed E-state index contributed by atoms with van der Waals surface area (Å²) in [5, 5.41) is 2.14. The topological polar surface area (TPSA) is 30.0 Å². The molecule has 1 aromatic carbocycles. The van der Waals surface area contributed by atoms with Crippen LogP contribution < -0.4 is 4.90 Å². The third kappa shape index (κ3) is 5.23. The molecule has 0 spiro atoms. The Morgan fingerprint density at radius 3 is 2.23 bits per heavy atom. The quantitative estimate of drug-likeness (QED) is 0.709. The van der Waals surface area contributed by atoms with E-state index in [9.17, 15) is 4.79 Å². The molecule has 162 valence electrons. The van der Waals surface area contributed by atoms with Gasteiger partial charge in [0.1, 0.15) is 0 Å². The molecule has 0 unspecified atom stereocenters. The highest BCUT2D eigenvalue weighted by atomic mass is 32.1. The van der Waals surface area contributed by atoms with Crippen LogP contribution in [0.2, 0.25) is 0 Å². The van der Waals surface area contributed by atoms with Crippen molar-refractivity contribution in [1.82, 2.24) is 14.7 Å². The Labute approximate surface area is 184 Å². The van der Waals surface area contributed by atoms with Gasteiger partial charge in [-0.15, -0.1) is 11.3 Å². The normalized spacial score (nSPS) is 18.9. The molecule has 2 aromatic rings. The molecule has 30 heavy (non-hydrogen) atoms. The summed E-state index contributed by atoms with van der Waals surface area (Å²) in [4.78, 5) is 23.8. The first kappa shape index (κ1) is 21.3. The molecular formula is C24H34N4OS. The van der Waals surface area contributed by atoms with E-state index in [1.165, 1.54) is 10.6 Å². The summed E-state index contributed by atoms with van der Waals surface area (Å²) in [5.41, 5.74) is 2.04. The summed E-state index contributed by atoms with van der Waals surface area (Å²) >= 11 is 1.83. The third-order valence-corrected chi connectivity index (χ3v) is 7.37. The molecule has 1 aromatic heterocycles. The Bertz CT molecular complexity index is 789. The maximum absolute atomic E-state index is 12.9. The number of piperazine rings is 2. The van der Waals surface area contributed by atoms with Crippen LogP contribution in [0.3, 0.4) is 0 Å². The minimum Gasteiger partial charge on any atom is -0.369 e. The number of carbonyl (C=O) groups is 1. The predicted molar refractivity (Wildman–Crippen MR) is 126 cm³/mol. The first-order chi connectivity index (χ1) is 14.6. The van der Waals surface area contributed by atoms with Crippen LogP contribution in [0, 0.1) is 0 Å². The van der Waals surface area contributed by atoms with Gasteiger partial charge in [-0.05, 0) is 56.0 Å². The number of anilines is 1. The van der Waals surface area contributed by atoms with E-state index in [1.54, 1.807) is 0 Å². The standard InChI is InChI=1S/C24H34N4OS/c1-20(2)26-15-17-27(18-16-26)22-7-5-21(6-8-22)24(29)28-13-11-25(12-14-28)10-9-23-4-3-19-30-23/h3-8,19-20H,9-18H2,1-2H3. The Hall–Kier alpha value is -1.89. The third-order valence-electron chi connectivity index (χ3n) is 6.44. The molecule has 2 aliphatic heterocycles. The molecule has 2 aliphatic rings. The fraction of sp³-hybridized carbons (Fsp3) is 0.542. The van der Waals surface area contributed by atoms with Gasteiger partial charge in [-0.2, -0.15) is 0 Å². The number of hydrogen-bond acceptors (Lipinski definition) is 5. The highest BCUT2D eigenvalue weighted by molar-refractivity contribution is 7.09. The fourth-order valence-electron chi connectivity index (χ4n) is 4.39. The van der Waals surface area contributed by atoms with E-state index in [1.807, 2.05) is 28.4 Å². The summed E-state index contributed by atoms with van der Waals surface area (Å²) in [6, 6.07) is 13.2. The largest absolute Gasteiger partial charge is 0.369 e. The molecule has 6 heteroatoms. The van der Waals surface area contributed by atoms with E-state index in [0.29, 0.717) is 6.04 Å². The monoisotopic (exact) mass is 426 g/mol. The SMILES string of the molecule is CC(C)N1CCN(c2ccc(C(=O)N3CCN(CCc4cccs4)CC3)cc2)CC1. The molecule has 4 rings (SSSR count). The van der Waals surface area contributed by atoms with Crippen LogP contribution in [-0.4, -0.2) is 85.6 Å². The maximum Gasteiger partial charge on any atom is 0.253 e. The molecule has 0 N–H and O–H groups in total. The lowest BCUT2D eigenvalue weighted by atomic mass is 10.1. The molecule has 0 saturated carbocycles. The lowest BCUT2D eigenvalue weighted by Crippen LogP contribution is -2.49. The van der Waals surface area contributed by atoms with Crippen LogP contribution in [0.5, 0.6) is 0 Å². The minimum atomic E-state index is 0.170. The Balaban J connectivity index is 1.25. The van der Waals surface area contributed by atoms with Crippen LogP contribution >= 0.6 is 11.3 Å². The average Bonchev–Trinajstić information content (AvgIpc) is 3.31. The highest BCUT2D eigenvalue weighted by Crippen LogP contribution is 2.19. The highest BCUT2D eigenvalue weighted by Gasteiger charge is 2.23. The molecular weight excluding hydrogens is 392 g/mol. The average molecular weight is 427 g/mol. The number of thiophene rings is 1. The van der Waals surface area contributed by atoms with Gasteiger partial charge in [-0.1, -0.05) is 6.07 Å². The van der Waals surface area contributed by atoms with Crippen LogP contribution in [0.15, 0.2) is 41.8 Å². The zero-order valence-corrected chi connectivity index (χ0v) is 19.1.